The molecule has 2 aliphatic heterocycles. The van der Waals surface area contributed by atoms with Crippen LogP contribution < -0.4 is 4.72 Å². The molecule has 3 rings (SSSR count). The highest BCUT2D eigenvalue weighted by Crippen LogP contribution is 2.21. The SMILES string of the molecule is CNS(=O)(=O)N1CCC(CN2CCN(Cc3ccccc3)CC2)CC1. The van der Waals surface area contributed by atoms with Crippen LogP contribution in [0.4, 0.5) is 0 Å². The van der Waals surface area contributed by atoms with E-state index < -0.39 is 10.2 Å². The number of nitrogens with zero attached hydrogens (tertiary/aromatic N) is 3. The van der Waals surface area contributed by atoms with Crippen molar-refractivity contribution in [3.05, 3.63) is 35.9 Å². The molecule has 6 nitrogen and oxygen atoms in total. The van der Waals surface area contributed by atoms with Crippen LogP contribution in [0.1, 0.15) is 18.4 Å². The van der Waals surface area contributed by atoms with E-state index in [1.807, 2.05) is 0 Å². The van der Waals surface area contributed by atoms with Crippen LogP contribution in [0.2, 0.25) is 0 Å². The molecule has 2 aliphatic rings. The van der Waals surface area contributed by atoms with Gasteiger partial charge in [-0.1, -0.05) is 30.3 Å². The van der Waals surface area contributed by atoms with Crippen LogP contribution in [0.3, 0.4) is 0 Å². The largest absolute Gasteiger partial charge is 0.301 e. The fourth-order valence-corrected chi connectivity index (χ4v) is 4.75. The van der Waals surface area contributed by atoms with Gasteiger partial charge in [0.2, 0.25) is 0 Å². The molecule has 0 atom stereocenters. The molecule has 1 aromatic carbocycles. The Morgan fingerprint density at radius 3 is 2.16 bits per heavy atom. The Morgan fingerprint density at radius 2 is 1.56 bits per heavy atom. The maximum absolute atomic E-state index is 11.8. The number of rotatable bonds is 6. The number of hydrogen-bond acceptors (Lipinski definition) is 4. The summed E-state index contributed by atoms with van der Waals surface area (Å²) in [5.74, 6) is 0.615. The minimum Gasteiger partial charge on any atom is -0.301 e. The zero-order valence-corrected chi connectivity index (χ0v) is 15.9. The summed E-state index contributed by atoms with van der Waals surface area (Å²) < 4.78 is 27.7. The molecule has 0 bridgehead atoms. The molecule has 0 saturated carbocycles. The third kappa shape index (κ3) is 5.24. The number of nitrogens with one attached hydrogen (secondary N) is 1. The van der Waals surface area contributed by atoms with Crippen molar-refractivity contribution in [3.63, 3.8) is 0 Å². The summed E-state index contributed by atoms with van der Waals surface area (Å²) >= 11 is 0. The summed E-state index contributed by atoms with van der Waals surface area (Å²) in [4.78, 5) is 5.07. The lowest BCUT2D eigenvalue weighted by atomic mass is 9.97. The van der Waals surface area contributed by atoms with Crippen molar-refractivity contribution in [2.24, 2.45) is 5.92 Å². The molecule has 2 fully saturated rings. The van der Waals surface area contributed by atoms with Gasteiger partial charge in [-0.25, -0.2) is 4.72 Å². The average Bonchev–Trinajstić information content (AvgIpc) is 2.65. The molecule has 0 amide bonds. The molecule has 0 spiro atoms. The molecule has 1 N–H and O–H groups in total. The lowest BCUT2D eigenvalue weighted by Crippen LogP contribution is -2.49. The van der Waals surface area contributed by atoms with E-state index >= 15 is 0 Å². The van der Waals surface area contributed by atoms with Crippen LogP contribution in [0.25, 0.3) is 0 Å². The van der Waals surface area contributed by atoms with Crippen LogP contribution in [0.15, 0.2) is 30.3 Å². The minimum absolute atomic E-state index is 0.615. The van der Waals surface area contributed by atoms with Crippen molar-refractivity contribution in [1.29, 1.82) is 0 Å². The van der Waals surface area contributed by atoms with Crippen molar-refractivity contribution >= 4 is 10.2 Å². The summed E-state index contributed by atoms with van der Waals surface area (Å²) in [5.41, 5.74) is 1.38. The molecule has 1 aromatic rings. The van der Waals surface area contributed by atoms with Gasteiger partial charge in [-0.2, -0.15) is 12.7 Å². The molecule has 25 heavy (non-hydrogen) atoms. The third-order valence-electron chi connectivity index (χ3n) is 5.40. The van der Waals surface area contributed by atoms with E-state index in [9.17, 15) is 8.42 Å². The second kappa shape index (κ2) is 8.60. The van der Waals surface area contributed by atoms with E-state index in [4.69, 9.17) is 0 Å². The summed E-state index contributed by atoms with van der Waals surface area (Å²) in [6.07, 6.45) is 1.93. The Bertz CT molecular complexity index is 622. The van der Waals surface area contributed by atoms with Crippen LogP contribution in [-0.4, -0.2) is 75.4 Å². The van der Waals surface area contributed by atoms with E-state index in [0.717, 1.165) is 52.1 Å². The number of hydrogen-bond donors (Lipinski definition) is 1. The van der Waals surface area contributed by atoms with Crippen LogP contribution in [0.5, 0.6) is 0 Å². The topological polar surface area (TPSA) is 55.9 Å². The Morgan fingerprint density at radius 1 is 0.960 bits per heavy atom. The van der Waals surface area contributed by atoms with Gasteiger partial charge in [-0.05, 0) is 24.3 Å². The first-order valence-electron chi connectivity index (χ1n) is 9.24. The van der Waals surface area contributed by atoms with Crippen molar-refractivity contribution in [2.75, 3.05) is 52.9 Å². The molecule has 0 aromatic heterocycles. The second-order valence-electron chi connectivity index (χ2n) is 7.11. The molecule has 0 unspecified atom stereocenters. The van der Waals surface area contributed by atoms with Gasteiger partial charge < -0.3 is 4.90 Å². The maximum atomic E-state index is 11.8. The molecule has 2 saturated heterocycles. The summed E-state index contributed by atoms with van der Waals surface area (Å²) in [7, 11) is -1.77. The second-order valence-corrected chi connectivity index (χ2v) is 8.99. The smallest absolute Gasteiger partial charge is 0.279 e. The summed E-state index contributed by atoms with van der Waals surface area (Å²) in [6.45, 7) is 7.87. The predicted octanol–water partition coefficient (Wildman–Crippen LogP) is 0.980. The van der Waals surface area contributed by atoms with E-state index in [-0.39, 0.29) is 0 Å². The molecule has 140 valence electrons. The molecule has 7 heteroatoms. The van der Waals surface area contributed by atoms with Gasteiger partial charge in [-0.3, -0.25) is 4.90 Å². The summed E-state index contributed by atoms with van der Waals surface area (Å²) in [6, 6.07) is 10.7. The quantitative estimate of drug-likeness (QED) is 0.815. The van der Waals surface area contributed by atoms with Gasteiger partial charge in [0.15, 0.2) is 0 Å². The third-order valence-corrected chi connectivity index (χ3v) is 6.96. The van der Waals surface area contributed by atoms with E-state index in [1.54, 1.807) is 4.31 Å². The first kappa shape index (κ1) is 18.8. The molecule has 0 aliphatic carbocycles. The lowest BCUT2D eigenvalue weighted by Gasteiger charge is -2.38. The summed E-state index contributed by atoms with van der Waals surface area (Å²) in [5, 5.41) is 0. The Labute approximate surface area is 152 Å². The highest BCUT2D eigenvalue weighted by Gasteiger charge is 2.28. The number of piperazine rings is 1. The molecular weight excluding hydrogens is 336 g/mol. The van der Waals surface area contributed by atoms with Crippen molar-refractivity contribution in [2.45, 2.75) is 19.4 Å². The van der Waals surface area contributed by atoms with Crippen molar-refractivity contribution in [3.8, 4) is 0 Å². The maximum Gasteiger partial charge on any atom is 0.279 e. The van der Waals surface area contributed by atoms with Gasteiger partial charge >= 0.3 is 0 Å². The minimum atomic E-state index is -3.25. The van der Waals surface area contributed by atoms with Crippen molar-refractivity contribution < 1.29 is 8.42 Å². The van der Waals surface area contributed by atoms with Crippen LogP contribution in [0, 0.1) is 5.92 Å². The number of piperidine rings is 1. The van der Waals surface area contributed by atoms with Crippen LogP contribution >= 0.6 is 0 Å². The Hall–Kier alpha value is -0.990. The molecular formula is C18H30N4O2S. The number of benzene rings is 1. The fourth-order valence-electron chi connectivity index (χ4n) is 3.80. The van der Waals surface area contributed by atoms with Gasteiger partial charge in [0.1, 0.15) is 0 Å². The molecule has 2 heterocycles. The molecule has 0 radical (unpaired) electrons. The standard InChI is InChI=1S/C18H30N4O2S/c1-19-25(23,24)22-9-7-18(8-10-22)16-21-13-11-20(12-14-21)15-17-5-3-2-4-6-17/h2-6,18-19H,7-16H2,1H3. The first-order valence-corrected chi connectivity index (χ1v) is 10.7. The van der Waals surface area contributed by atoms with Gasteiger partial charge in [0.05, 0.1) is 0 Å². The van der Waals surface area contributed by atoms with E-state index in [1.165, 1.54) is 12.6 Å². The Balaban J connectivity index is 1.38. The van der Waals surface area contributed by atoms with E-state index in [0.29, 0.717) is 19.0 Å². The van der Waals surface area contributed by atoms with E-state index in [2.05, 4.69) is 44.9 Å². The van der Waals surface area contributed by atoms with Crippen molar-refractivity contribution in [1.82, 2.24) is 18.8 Å². The Kier molecular flexibility index (Phi) is 6.46. The van der Waals surface area contributed by atoms with Gasteiger partial charge in [-0.15, -0.1) is 0 Å². The van der Waals surface area contributed by atoms with Gasteiger partial charge in [0.25, 0.3) is 10.2 Å². The zero-order valence-electron chi connectivity index (χ0n) is 15.1. The first-order chi connectivity index (χ1) is 12.1. The fraction of sp³-hybridized carbons (Fsp3) is 0.667. The highest BCUT2D eigenvalue weighted by atomic mass is 32.2. The highest BCUT2D eigenvalue weighted by molar-refractivity contribution is 7.87. The average molecular weight is 367 g/mol. The lowest BCUT2D eigenvalue weighted by molar-refractivity contribution is 0.102. The monoisotopic (exact) mass is 366 g/mol. The van der Waals surface area contributed by atoms with Gasteiger partial charge in [0, 0.05) is 59.4 Å². The predicted molar refractivity (Wildman–Crippen MR) is 100 cm³/mol. The zero-order chi connectivity index (χ0) is 17.7. The normalized spacial score (nSPS) is 22.3. The van der Waals surface area contributed by atoms with Crippen LogP contribution in [-0.2, 0) is 16.8 Å².